The van der Waals surface area contributed by atoms with Crippen molar-refractivity contribution in [2.45, 2.75) is 13.5 Å². The molecule has 1 N–H and O–H groups in total. The summed E-state index contributed by atoms with van der Waals surface area (Å²) in [6.45, 7) is 3.89. The number of carboxylic acid groups (broad SMARTS) is 1. The van der Waals surface area contributed by atoms with Gasteiger partial charge < -0.3 is 5.11 Å². The highest BCUT2D eigenvalue weighted by molar-refractivity contribution is 6.31. The van der Waals surface area contributed by atoms with E-state index in [9.17, 15) is 4.79 Å². The van der Waals surface area contributed by atoms with Gasteiger partial charge in [-0.1, -0.05) is 24.6 Å². The van der Waals surface area contributed by atoms with E-state index < -0.39 is 5.97 Å². The third-order valence-corrected chi connectivity index (χ3v) is 3.93. The second kappa shape index (κ2) is 5.60. The van der Waals surface area contributed by atoms with E-state index in [0.29, 0.717) is 23.7 Å². The van der Waals surface area contributed by atoms with Gasteiger partial charge in [-0.3, -0.25) is 9.69 Å². The Bertz CT molecular complexity index is 539. The van der Waals surface area contributed by atoms with E-state index in [-0.39, 0.29) is 11.8 Å². The third kappa shape index (κ3) is 3.06. The standard InChI is InChI=1S/C14H15ClN2O2/c1-9-6-17(8-12(9)14(18)19)7-11-3-2-10(5-16)4-13(11)15/h2-4,9,12H,6-8H2,1H3,(H,18,19). The van der Waals surface area contributed by atoms with Crippen molar-refractivity contribution < 1.29 is 9.90 Å². The number of carbonyl (C=O) groups is 1. The fourth-order valence-corrected chi connectivity index (χ4v) is 2.74. The van der Waals surface area contributed by atoms with E-state index in [2.05, 4.69) is 4.90 Å². The normalized spacial score (nSPS) is 23.2. The summed E-state index contributed by atoms with van der Waals surface area (Å²) in [7, 11) is 0. The summed E-state index contributed by atoms with van der Waals surface area (Å²) < 4.78 is 0. The third-order valence-electron chi connectivity index (χ3n) is 3.58. The number of benzene rings is 1. The largest absolute Gasteiger partial charge is 0.481 e. The van der Waals surface area contributed by atoms with Gasteiger partial charge in [-0.2, -0.15) is 5.26 Å². The van der Waals surface area contributed by atoms with Crippen molar-refractivity contribution in [2.75, 3.05) is 13.1 Å². The molecular formula is C14H15ClN2O2. The topological polar surface area (TPSA) is 64.3 Å². The van der Waals surface area contributed by atoms with Crippen LogP contribution < -0.4 is 0 Å². The SMILES string of the molecule is CC1CN(Cc2ccc(C#N)cc2Cl)CC1C(=O)O. The molecule has 0 bridgehead atoms. The highest BCUT2D eigenvalue weighted by atomic mass is 35.5. The Kier molecular flexibility index (Phi) is 4.08. The predicted octanol–water partition coefficient (Wildman–Crippen LogP) is 2.36. The molecule has 0 saturated carbocycles. The second-order valence-corrected chi connectivity index (χ2v) is 5.44. The van der Waals surface area contributed by atoms with Gasteiger partial charge in [0.15, 0.2) is 0 Å². The van der Waals surface area contributed by atoms with Crippen LogP contribution in [0.25, 0.3) is 0 Å². The zero-order chi connectivity index (χ0) is 14.0. The van der Waals surface area contributed by atoms with Crippen molar-refractivity contribution in [2.24, 2.45) is 11.8 Å². The molecule has 1 fully saturated rings. The first-order valence-corrected chi connectivity index (χ1v) is 6.52. The smallest absolute Gasteiger partial charge is 0.308 e. The molecule has 100 valence electrons. The van der Waals surface area contributed by atoms with E-state index in [4.69, 9.17) is 22.0 Å². The number of carboxylic acids is 1. The van der Waals surface area contributed by atoms with Crippen molar-refractivity contribution >= 4 is 17.6 Å². The zero-order valence-electron chi connectivity index (χ0n) is 10.6. The summed E-state index contributed by atoms with van der Waals surface area (Å²) in [4.78, 5) is 13.2. The lowest BCUT2D eigenvalue weighted by Crippen LogP contribution is -2.23. The molecule has 4 nitrogen and oxygen atoms in total. The fourth-order valence-electron chi connectivity index (χ4n) is 2.50. The predicted molar refractivity (Wildman–Crippen MR) is 71.7 cm³/mol. The van der Waals surface area contributed by atoms with Gasteiger partial charge >= 0.3 is 5.97 Å². The van der Waals surface area contributed by atoms with Gasteiger partial charge in [-0.15, -0.1) is 0 Å². The number of rotatable bonds is 3. The Morgan fingerprint density at radius 2 is 2.32 bits per heavy atom. The molecule has 2 unspecified atom stereocenters. The molecule has 0 amide bonds. The molecule has 0 aromatic heterocycles. The van der Waals surface area contributed by atoms with Crippen LogP contribution in [0.4, 0.5) is 0 Å². The number of likely N-dealkylation sites (tertiary alicyclic amines) is 1. The summed E-state index contributed by atoms with van der Waals surface area (Å²) in [5, 5.41) is 18.4. The Balaban J connectivity index is 2.07. The number of hydrogen-bond donors (Lipinski definition) is 1. The quantitative estimate of drug-likeness (QED) is 0.922. The maximum absolute atomic E-state index is 11.1. The highest BCUT2D eigenvalue weighted by Gasteiger charge is 2.34. The molecule has 0 aliphatic carbocycles. The number of nitrogens with zero attached hydrogens (tertiary/aromatic N) is 2. The number of hydrogen-bond acceptors (Lipinski definition) is 3. The Morgan fingerprint density at radius 3 is 2.84 bits per heavy atom. The van der Waals surface area contributed by atoms with Gasteiger partial charge in [0.05, 0.1) is 17.6 Å². The first-order valence-electron chi connectivity index (χ1n) is 6.15. The Labute approximate surface area is 117 Å². The van der Waals surface area contributed by atoms with Crippen LogP contribution in [0.2, 0.25) is 5.02 Å². The lowest BCUT2D eigenvalue weighted by Gasteiger charge is -2.16. The van der Waals surface area contributed by atoms with E-state index in [1.807, 2.05) is 19.1 Å². The molecule has 1 saturated heterocycles. The summed E-state index contributed by atoms with van der Waals surface area (Å²) in [6.07, 6.45) is 0. The van der Waals surface area contributed by atoms with Crippen LogP contribution >= 0.6 is 11.6 Å². The van der Waals surface area contributed by atoms with E-state index in [0.717, 1.165) is 12.1 Å². The number of halogens is 1. The lowest BCUT2D eigenvalue weighted by atomic mass is 9.99. The summed E-state index contributed by atoms with van der Waals surface area (Å²) in [5.41, 5.74) is 1.46. The fraction of sp³-hybridized carbons (Fsp3) is 0.429. The van der Waals surface area contributed by atoms with Gasteiger partial charge in [0.2, 0.25) is 0 Å². The van der Waals surface area contributed by atoms with E-state index in [1.165, 1.54) is 0 Å². The van der Waals surface area contributed by atoms with Crippen LogP contribution in [0, 0.1) is 23.2 Å². The first-order chi connectivity index (χ1) is 9.01. The summed E-state index contributed by atoms with van der Waals surface area (Å²) in [6, 6.07) is 7.25. The van der Waals surface area contributed by atoms with Crippen LogP contribution in [-0.2, 0) is 11.3 Å². The van der Waals surface area contributed by atoms with E-state index in [1.54, 1.807) is 12.1 Å². The monoisotopic (exact) mass is 278 g/mol. The molecule has 1 aromatic rings. The molecule has 1 aromatic carbocycles. The molecule has 1 aliphatic rings. The molecule has 1 aliphatic heterocycles. The Hall–Kier alpha value is -1.57. The number of aliphatic carboxylic acids is 1. The summed E-state index contributed by atoms with van der Waals surface area (Å²) in [5.74, 6) is -0.896. The molecule has 0 radical (unpaired) electrons. The minimum Gasteiger partial charge on any atom is -0.481 e. The lowest BCUT2D eigenvalue weighted by molar-refractivity contribution is -0.142. The van der Waals surface area contributed by atoms with Crippen molar-refractivity contribution in [3.05, 3.63) is 34.3 Å². The van der Waals surface area contributed by atoms with Crippen LogP contribution in [-0.4, -0.2) is 29.1 Å². The van der Waals surface area contributed by atoms with Crippen molar-refractivity contribution in [1.29, 1.82) is 5.26 Å². The van der Waals surface area contributed by atoms with Gasteiger partial charge in [0, 0.05) is 24.7 Å². The molecule has 0 spiro atoms. The maximum atomic E-state index is 11.1. The average Bonchev–Trinajstić information content (AvgIpc) is 2.73. The van der Waals surface area contributed by atoms with Gasteiger partial charge in [0.25, 0.3) is 0 Å². The van der Waals surface area contributed by atoms with Crippen LogP contribution in [0.15, 0.2) is 18.2 Å². The maximum Gasteiger partial charge on any atom is 0.308 e. The molecule has 19 heavy (non-hydrogen) atoms. The van der Waals surface area contributed by atoms with Crippen molar-refractivity contribution in [3.8, 4) is 6.07 Å². The molecule has 1 heterocycles. The van der Waals surface area contributed by atoms with Gasteiger partial charge in [-0.05, 0) is 23.6 Å². The number of nitriles is 1. The van der Waals surface area contributed by atoms with Crippen molar-refractivity contribution in [3.63, 3.8) is 0 Å². The van der Waals surface area contributed by atoms with Crippen LogP contribution in [0.5, 0.6) is 0 Å². The minimum atomic E-state index is -0.735. The van der Waals surface area contributed by atoms with E-state index >= 15 is 0 Å². The summed E-state index contributed by atoms with van der Waals surface area (Å²) >= 11 is 6.13. The average molecular weight is 279 g/mol. The van der Waals surface area contributed by atoms with Gasteiger partial charge in [0.1, 0.15) is 0 Å². The highest BCUT2D eigenvalue weighted by Crippen LogP contribution is 2.27. The second-order valence-electron chi connectivity index (χ2n) is 5.03. The zero-order valence-corrected chi connectivity index (χ0v) is 11.4. The van der Waals surface area contributed by atoms with Crippen LogP contribution in [0.1, 0.15) is 18.1 Å². The van der Waals surface area contributed by atoms with Gasteiger partial charge in [-0.25, -0.2) is 0 Å². The molecule has 2 rings (SSSR count). The molecular weight excluding hydrogens is 264 g/mol. The molecule has 2 atom stereocenters. The van der Waals surface area contributed by atoms with Crippen molar-refractivity contribution in [1.82, 2.24) is 4.90 Å². The first kappa shape index (κ1) is 13.9. The minimum absolute atomic E-state index is 0.148. The molecule has 5 heteroatoms. The van der Waals surface area contributed by atoms with Crippen LogP contribution in [0.3, 0.4) is 0 Å². The Morgan fingerprint density at radius 1 is 1.58 bits per heavy atom.